The second kappa shape index (κ2) is 3.94. The Kier molecular flexibility index (Phi) is 3.43. The van der Waals surface area contributed by atoms with Gasteiger partial charge in [0, 0.05) is 9.83 Å². The van der Waals surface area contributed by atoms with Crippen LogP contribution in [0.4, 0.5) is 0 Å². The molecule has 0 saturated heterocycles. The van der Waals surface area contributed by atoms with Gasteiger partial charge >= 0.3 is 0 Å². The van der Waals surface area contributed by atoms with Crippen LogP contribution in [0.2, 0.25) is 5.15 Å². The van der Waals surface area contributed by atoms with Crippen LogP contribution in [0, 0.1) is 17.4 Å². The van der Waals surface area contributed by atoms with Crippen LogP contribution in [0.3, 0.4) is 0 Å². The molecular weight excluding hydrogens is 337 g/mol. The average molecular weight is 346 g/mol. The maximum Gasteiger partial charge on any atom is 0.178 e. The monoisotopic (exact) mass is 345 g/mol. The fourth-order valence-corrected chi connectivity index (χ4v) is 3.48. The molecule has 0 aliphatic rings. The van der Waals surface area contributed by atoms with Crippen LogP contribution in [0.5, 0.6) is 0 Å². The molecular formula is C8H9ClINO2S. The molecule has 0 N–H and O–H groups in total. The van der Waals surface area contributed by atoms with Crippen LogP contribution in [0.1, 0.15) is 11.3 Å². The number of hydrogen-bond acceptors (Lipinski definition) is 3. The molecule has 1 aromatic rings. The van der Waals surface area contributed by atoms with Crippen LogP contribution in [0.15, 0.2) is 4.90 Å². The van der Waals surface area contributed by atoms with Crippen molar-refractivity contribution < 1.29 is 8.42 Å². The fourth-order valence-electron chi connectivity index (χ4n) is 1.20. The summed E-state index contributed by atoms with van der Waals surface area (Å²) >= 11 is 7.86. The van der Waals surface area contributed by atoms with Gasteiger partial charge < -0.3 is 0 Å². The van der Waals surface area contributed by atoms with E-state index in [0.29, 0.717) is 5.56 Å². The quantitative estimate of drug-likeness (QED) is 0.580. The number of halogens is 2. The lowest BCUT2D eigenvalue weighted by atomic mass is 10.2. The standard InChI is InChI=1S/C8H9ClINO2S/c1-4-6(10)5(2)11-8(9)7(4)14(3,12)13/h1-3H3. The third-order valence-electron chi connectivity index (χ3n) is 1.81. The van der Waals surface area contributed by atoms with Gasteiger partial charge in [0.15, 0.2) is 9.84 Å². The Balaban J connectivity index is 3.70. The molecule has 1 heterocycles. The molecule has 1 rings (SSSR count). The van der Waals surface area contributed by atoms with Crippen LogP contribution in [-0.4, -0.2) is 19.7 Å². The lowest BCUT2D eigenvalue weighted by Crippen LogP contribution is -2.06. The summed E-state index contributed by atoms with van der Waals surface area (Å²) in [6.07, 6.45) is 1.13. The number of sulfone groups is 1. The number of rotatable bonds is 1. The van der Waals surface area contributed by atoms with Gasteiger partial charge in [0.2, 0.25) is 0 Å². The highest BCUT2D eigenvalue weighted by Gasteiger charge is 2.19. The summed E-state index contributed by atoms with van der Waals surface area (Å²) in [6.45, 7) is 3.53. The fraction of sp³-hybridized carbons (Fsp3) is 0.375. The Labute approximate surface area is 102 Å². The Bertz CT molecular complexity index is 485. The normalized spacial score (nSPS) is 11.8. The van der Waals surface area contributed by atoms with Gasteiger partial charge in [-0.25, -0.2) is 13.4 Å². The highest BCUT2D eigenvalue weighted by Crippen LogP contribution is 2.28. The Morgan fingerprint density at radius 1 is 1.36 bits per heavy atom. The summed E-state index contributed by atoms with van der Waals surface area (Å²) in [6, 6.07) is 0. The van der Waals surface area contributed by atoms with Gasteiger partial charge in [-0.3, -0.25) is 0 Å². The largest absolute Gasteiger partial charge is 0.239 e. The third kappa shape index (κ3) is 2.20. The summed E-state index contributed by atoms with van der Waals surface area (Å²) in [5.74, 6) is 0. The molecule has 0 aliphatic heterocycles. The molecule has 0 unspecified atom stereocenters. The topological polar surface area (TPSA) is 47.0 Å². The predicted octanol–water partition coefficient (Wildman–Crippen LogP) is 2.36. The maximum absolute atomic E-state index is 11.4. The first-order valence-electron chi connectivity index (χ1n) is 3.77. The van der Waals surface area contributed by atoms with Crippen molar-refractivity contribution in [1.82, 2.24) is 4.98 Å². The number of aryl methyl sites for hydroxylation is 1. The molecule has 78 valence electrons. The smallest absolute Gasteiger partial charge is 0.178 e. The molecule has 0 atom stereocenters. The van der Waals surface area contributed by atoms with Gasteiger partial charge in [0.1, 0.15) is 10.0 Å². The van der Waals surface area contributed by atoms with Crippen LogP contribution < -0.4 is 0 Å². The first kappa shape index (κ1) is 12.2. The molecule has 14 heavy (non-hydrogen) atoms. The highest BCUT2D eigenvalue weighted by atomic mass is 127. The second-order valence-corrected chi connectivity index (χ2v) is 6.42. The van der Waals surface area contributed by atoms with Crippen molar-refractivity contribution >= 4 is 44.0 Å². The van der Waals surface area contributed by atoms with E-state index in [-0.39, 0.29) is 10.0 Å². The van der Waals surface area contributed by atoms with E-state index >= 15 is 0 Å². The molecule has 6 heteroatoms. The van der Waals surface area contributed by atoms with E-state index in [2.05, 4.69) is 27.6 Å². The number of pyridine rings is 1. The first-order valence-corrected chi connectivity index (χ1v) is 7.12. The first-order chi connectivity index (χ1) is 6.25. The molecule has 0 bridgehead atoms. The molecule has 0 amide bonds. The minimum Gasteiger partial charge on any atom is -0.239 e. The molecule has 0 radical (unpaired) electrons. The average Bonchev–Trinajstić information content (AvgIpc) is 1.97. The molecule has 3 nitrogen and oxygen atoms in total. The zero-order valence-electron chi connectivity index (χ0n) is 7.93. The SMILES string of the molecule is Cc1nc(Cl)c(S(C)(=O)=O)c(C)c1I. The van der Waals surface area contributed by atoms with Crippen molar-refractivity contribution in [3.63, 3.8) is 0 Å². The summed E-state index contributed by atoms with van der Waals surface area (Å²) in [5.41, 5.74) is 1.42. The van der Waals surface area contributed by atoms with Crippen molar-refractivity contribution in [3.8, 4) is 0 Å². The van der Waals surface area contributed by atoms with Gasteiger partial charge in [0.25, 0.3) is 0 Å². The molecule has 0 aromatic carbocycles. The van der Waals surface area contributed by atoms with Gasteiger partial charge in [-0.1, -0.05) is 11.6 Å². The van der Waals surface area contributed by atoms with E-state index in [4.69, 9.17) is 11.6 Å². The molecule has 0 aliphatic carbocycles. The van der Waals surface area contributed by atoms with Gasteiger partial charge in [-0.2, -0.15) is 0 Å². The minimum atomic E-state index is -3.30. The lowest BCUT2D eigenvalue weighted by Gasteiger charge is -2.09. The van der Waals surface area contributed by atoms with E-state index in [0.717, 1.165) is 15.5 Å². The van der Waals surface area contributed by atoms with Crippen molar-refractivity contribution in [2.75, 3.05) is 6.26 Å². The van der Waals surface area contributed by atoms with E-state index in [1.54, 1.807) is 13.8 Å². The summed E-state index contributed by atoms with van der Waals surface area (Å²) in [7, 11) is -3.30. The summed E-state index contributed by atoms with van der Waals surface area (Å²) in [5, 5.41) is 0.0583. The number of nitrogens with zero attached hydrogens (tertiary/aromatic N) is 1. The molecule has 0 fully saturated rings. The van der Waals surface area contributed by atoms with Crippen molar-refractivity contribution in [3.05, 3.63) is 20.0 Å². The molecule has 0 spiro atoms. The predicted molar refractivity (Wildman–Crippen MR) is 64.5 cm³/mol. The van der Waals surface area contributed by atoms with Crippen molar-refractivity contribution in [2.24, 2.45) is 0 Å². The van der Waals surface area contributed by atoms with Crippen LogP contribution in [-0.2, 0) is 9.84 Å². The van der Waals surface area contributed by atoms with Gasteiger partial charge in [-0.05, 0) is 42.0 Å². The van der Waals surface area contributed by atoms with Crippen molar-refractivity contribution in [1.29, 1.82) is 0 Å². The van der Waals surface area contributed by atoms with Crippen LogP contribution >= 0.6 is 34.2 Å². The Hall–Kier alpha value is 0.120. The van der Waals surface area contributed by atoms with E-state index in [1.165, 1.54) is 0 Å². The maximum atomic E-state index is 11.4. The minimum absolute atomic E-state index is 0.0583. The van der Waals surface area contributed by atoms with Crippen molar-refractivity contribution in [2.45, 2.75) is 18.7 Å². The van der Waals surface area contributed by atoms with E-state index in [1.807, 2.05) is 0 Å². The summed E-state index contributed by atoms with van der Waals surface area (Å²) < 4.78 is 23.7. The van der Waals surface area contributed by atoms with Gasteiger partial charge in [0.05, 0.1) is 5.69 Å². The lowest BCUT2D eigenvalue weighted by molar-refractivity contribution is 0.600. The number of aromatic nitrogens is 1. The Morgan fingerprint density at radius 3 is 2.29 bits per heavy atom. The van der Waals surface area contributed by atoms with E-state index < -0.39 is 9.84 Å². The van der Waals surface area contributed by atoms with Crippen LogP contribution in [0.25, 0.3) is 0 Å². The summed E-state index contributed by atoms with van der Waals surface area (Å²) in [4.78, 5) is 4.11. The molecule has 0 saturated carbocycles. The van der Waals surface area contributed by atoms with Gasteiger partial charge in [-0.15, -0.1) is 0 Å². The second-order valence-electron chi connectivity index (χ2n) is 3.03. The zero-order chi connectivity index (χ0) is 11.1. The highest BCUT2D eigenvalue weighted by molar-refractivity contribution is 14.1. The van der Waals surface area contributed by atoms with E-state index in [9.17, 15) is 8.42 Å². The molecule has 1 aromatic heterocycles. The Morgan fingerprint density at radius 2 is 1.86 bits per heavy atom. The zero-order valence-corrected chi connectivity index (χ0v) is 11.7. The number of hydrogen-bond donors (Lipinski definition) is 0. The third-order valence-corrected chi connectivity index (χ3v) is 5.03.